The van der Waals surface area contributed by atoms with Crippen LogP contribution in [-0.4, -0.2) is 24.9 Å². The highest BCUT2D eigenvalue weighted by Crippen LogP contribution is 2.18. The van der Waals surface area contributed by atoms with E-state index < -0.39 is 5.54 Å². The van der Waals surface area contributed by atoms with Crippen LogP contribution < -0.4 is 5.73 Å². The summed E-state index contributed by atoms with van der Waals surface area (Å²) in [5.41, 5.74) is 5.88. The van der Waals surface area contributed by atoms with Gasteiger partial charge >= 0.3 is 0 Å². The Morgan fingerprint density at radius 3 is 2.21 bits per heavy atom. The van der Waals surface area contributed by atoms with Gasteiger partial charge in [0.05, 0.1) is 0 Å². The molecule has 0 fully saturated rings. The Kier molecular flexibility index (Phi) is 2.91. The molecule has 1 aromatic carbocycles. The van der Waals surface area contributed by atoms with Crippen molar-refractivity contribution in [3.8, 4) is 0 Å². The maximum atomic E-state index is 11.8. The molecule has 2 N–H and O–H groups in total. The van der Waals surface area contributed by atoms with E-state index in [1.165, 1.54) is 4.90 Å². The first-order chi connectivity index (χ1) is 6.46. The fourth-order valence-electron chi connectivity index (χ4n) is 1.37. The van der Waals surface area contributed by atoms with Crippen LogP contribution in [0.15, 0.2) is 30.3 Å². The van der Waals surface area contributed by atoms with Crippen LogP contribution in [0.3, 0.4) is 0 Å². The fourth-order valence-corrected chi connectivity index (χ4v) is 1.37. The Hall–Kier alpha value is -1.35. The Labute approximate surface area is 84.5 Å². The molecule has 3 nitrogen and oxygen atoms in total. The average molecular weight is 192 g/mol. The van der Waals surface area contributed by atoms with Crippen LogP contribution >= 0.6 is 0 Å². The quantitative estimate of drug-likeness (QED) is 0.758. The van der Waals surface area contributed by atoms with E-state index >= 15 is 0 Å². The Morgan fingerprint density at radius 2 is 1.79 bits per heavy atom. The molecule has 0 aromatic heterocycles. The number of nitrogens with zero attached hydrogens (tertiary/aromatic N) is 1. The third-order valence-corrected chi connectivity index (χ3v) is 2.22. The average Bonchev–Trinajstić information content (AvgIpc) is 2.18. The predicted octanol–water partition coefficient (Wildman–Crippen LogP) is 0.949. The molecule has 0 aliphatic rings. The first kappa shape index (κ1) is 10.7. The molecular weight excluding hydrogens is 176 g/mol. The summed E-state index contributed by atoms with van der Waals surface area (Å²) in [6, 6.07) is 9.38. The van der Waals surface area contributed by atoms with Crippen molar-refractivity contribution in [1.29, 1.82) is 0 Å². The van der Waals surface area contributed by atoms with E-state index in [-0.39, 0.29) is 5.91 Å². The molecule has 1 aromatic rings. The van der Waals surface area contributed by atoms with Gasteiger partial charge in [-0.15, -0.1) is 0 Å². The minimum absolute atomic E-state index is 0.0938. The summed E-state index contributed by atoms with van der Waals surface area (Å²) < 4.78 is 0. The van der Waals surface area contributed by atoms with E-state index in [1.54, 1.807) is 21.0 Å². The van der Waals surface area contributed by atoms with Crippen molar-refractivity contribution < 1.29 is 4.79 Å². The standard InChI is InChI=1S/C11H16N2O/c1-11(12,10(14)13(2)3)9-7-5-4-6-8-9/h4-8H,12H2,1-3H3. The summed E-state index contributed by atoms with van der Waals surface area (Å²) in [7, 11) is 3.41. The molecule has 0 radical (unpaired) electrons. The molecule has 0 spiro atoms. The zero-order valence-corrected chi connectivity index (χ0v) is 8.82. The normalized spacial score (nSPS) is 14.6. The Morgan fingerprint density at radius 1 is 1.29 bits per heavy atom. The van der Waals surface area contributed by atoms with Gasteiger partial charge in [-0.3, -0.25) is 4.79 Å². The zero-order chi connectivity index (χ0) is 10.8. The lowest BCUT2D eigenvalue weighted by Gasteiger charge is -2.27. The van der Waals surface area contributed by atoms with Crippen LogP contribution in [0, 0.1) is 0 Å². The molecular formula is C11H16N2O. The highest BCUT2D eigenvalue weighted by Gasteiger charge is 2.31. The minimum atomic E-state index is -0.940. The number of carbonyl (C=O) groups is 1. The Balaban J connectivity index is 3.02. The van der Waals surface area contributed by atoms with Crippen molar-refractivity contribution >= 4 is 5.91 Å². The summed E-state index contributed by atoms with van der Waals surface area (Å²) in [6.45, 7) is 1.73. The van der Waals surface area contributed by atoms with Crippen molar-refractivity contribution in [3.63, 3.8) is 0 Å². The van der Waals surface area contributed by atoms with Gasteiger partial charge in [0.2, 0.25) is 5.91 Å². The van der Waals surface area contributed by atoms with Gasteiger partial charge in [-0.2, -0.15) is 0 Å². The van der Waals surface area contributed by atoms with Crippen LogP contribution in [0.2, 0.25) is 0 Å². The summed E-state index contributed by atoms with van der Waals surface area (Å²) in [4.78, 5) is 13.3. The lowest BCUT2D eigenvalue weighted by molar-refractivity contribution is -0.134. The third-order valence-electron chi connectivity index (χ3n) is 2.22. The van der Waals surface area contributed by atoms with Gasteiger partial charge in [0.1, 0.15) is 5.54 Å². The minimum Gasteiger partial charge on any atom is -0.347 e. The first-order valence-corrected chi connectivity index (χ1v) is 4.52. The number of hydrogen-bond acceptors (Lipinski definition) is 2. The van der Waals surface area contributed by atoms with Crippen LogP contribution in [0.25, 0.3) is 0 Å². The van der Waals surface area contributed by atoms with Gasteiger partial charge in [-0.25, -0.2) is 0 Å². The van der Waals surface area contributed by atoms with Gasteiger partial charge in [-0.1, -0.05) is 30.3 Å². The molecule has 0 saturated carbocycles. The number of nitrogens with two attached hydrogens (primary N) is 1. The molecule has 0 saturated heterocycles. The monoisotopic (exact) mass is 192 g/mol. The van der Waals surface area contributed by atoms with E-state index in [0.29, 0.717) is 0 Å². The highest BCUT2D eigenvalue weighted by atomic mass is 16.2. The molecule has 14 heavy (non-hydrogen) atoms. The van der Waals surface area contributed by atoms with E-state index in [2.05, 4.69) is 0 Å². The maximum absolute atomic E-state index is 11.8. The lowest BCUT2D eigenvalue weighted by Crippen LogP contribution is -2.48. The van der Waals surface area contributed by atoms with Crippen molar-refractivity contribution in [2.45, 2.75) is 12.5 Å². The zero-order valence-electron chi connectivity index (χ0n) is 8.82. The lowest BCUT2D eigenvalue weighted by atomic mass is 9.92. The van der Waals surface area contributed by atoms with Crippen LogP contribution in [0.1, 0.15) is 12.5 Å². The summed E-state index contributed by atoms with van der Waals surface area (Å²) in [6.07, 6.45) is 0. The summed E-state index contributed by atoms with van der Waals surface area (Å²) in [5, 5.41) is 0. The van der Waals surface area contributed by atoms with Crippen molar-refractivity contribution in [2.24, 2.45) is 5.73 Å². The van der Waals surface area contributed by atoms with Crippen molar-refractivity contribution in [3.05, 3.63) is 35.9 Å². The first-order valence-electron chi connectivity index (χ1n) is 4.52. The molecule has 0 bridgehead atoms. The van der Waals surface area contributed by atoms with Crippen molar-refractivity contribution in [1.82, 2.24) is 4.90 Å². The van der Waals surface area contributed by atoms with Crippen molar-refractivity contribution in [2.75, 3.05) is 14.1 Å². The molecule has 3 heteroatoms. The fraction of sp³-hybridized carbons (Fsp3) is 0.364. The molecule has 76 valence electrons. The molecule has 1 atom stereocenters. The second kappa shape index (κ2) is 3.80. The molecule has 1 amide bonds. The number of hydrogen-bond donors (Lipinski definition) is 1. The van der Waals surface area contributed by atoms with E-state index in [1.807, 2.05) is 30.3 Å². The van der Waals surface area contributed by atoms with Gasteiger partial charge in [-0.05, 0) is 12.5 Å². The number of likely N-dealkylation sites (N-methyl/N-ethyl adjacent to an activating group) is 1. The number of amides is 1. The second-order valence-electron chi connectivity index (χ2n) is 3.77. The number of carbonyl (C=O) groups excluding carboxylic acids is 1. The van der Waals surface area contributed by atoms with Crippen LogP contribution in [0.4, 0.5) is 0 Å². The molecule has 0 heterocycles. The highest BCUT2D eigenvalue weighted by molar-refractivity contribution is 5.86. The van der Waals surface area contributed by atoms with Gasteiger partial charge < -0.3 is 10.6 Å². The molecule has 1 unspecified atom stereocenters. The number of benzene rings is 1. The predicted molar refractivity (Wildman–Crippen MR) is 56.7 cm³/mol. The van der Waals surface area contributed by atoms with Gasteiger partial charge in [0.15, 0.2) is 0 Å². The van der Waals surface area contributed by atoms with Gasteiger partial charge in [0.25, 0.3) is 0 Å². The van der Waals surface area contributed by atoms with Crippen LogP contribution in [-0.2, 0) is 10.3 Å². The largest absolute Gasteiger partial charge is 0.347 e. The maximum Gasteiger partial charge on any atom is 0.246 e. The second-order valence-corrected chi connectivity index (χ2v) is 3.77. The van der Waals surface area contributed by atoms with Crippen LogP contribution in [0.5, 0.6) is 0 Å². The SMILES string of the molecule is CN(C)C(=O)C(C)(N)c1ccccc1. The topological polar surface area (TPSA) is 46.3 Å². The van der Waals surface area contributed by atoms with E-state index in [0.717, 1.165) is 5.56 Å². The summed E-state index contributed by atoms with van der Waals surface area (Å²) in [5.74, 6) is -0.0938. The van der Waals surface area contributed by atoms with Gasteiger partial charge in [0, 0.05) is 14.1 Å². The summed E-state index contributed by atoms with van der Waals surface area (Å²) >= 11 is 0. The molecule has 0 aliphatic heterocycles. The van der Waals surface area contributed by atoms with E-state index in [9.17, 15) is 4.79 Å². The Bertz CT molecular complexity index is 317. The smallest absolute Gasteiger partial charge is 0.246 e. The molecule has 1 rings (SSSR count). The third kappa shape index (κ3) is 1.93. The van der Waals surface area contributed by atoms with E-state index in [4.69, 9.17) is 5.73 Å². The molecule has 0 aliphatic carbocycles. The number of rotatable bonds is 2.